The van der Waals surface area contributed by atoms with Crippen molar-refractivity contribution in [1.82, 2.24) is 14.9 Å². The van der Waals surface area contributed by atoms with Crippen LogP contribution in [0.2, 0.25) is 0 Å². The number of benzene rings is 1. The van der Waals surface area contributed by atoms with Crippen LogP contribution < -0.4 is 10.2 Å². The summed E-state index contributed by atoms with van der Waals surface area (Å²) in [5.41, 5.74) is 2.71. The lowest BCUT2D eigenvalue weighted by Crippen LogP contribution is -2.40. The van der Waals surface area contributed by atoms with E-state index in [2.05, 4.69) is 51.0 Å². The van der Waals surface area contributed by atoms with Crippen LogP contribution in [0.4, 0.5) is 5.69 Å². The number of guanidine groups is 1. The van der Waals surface area contributed by atoms with Crippen molar-refractivity contribution in [3.05, 3.63) is 48.0 Å². The van der Waals surface area contributed by atoms with Gasteiger partial charge in [0.15, 0.2) is 5.96 Å². The zero-order valence-electron chi connectivity index (χ0n) is 14.7. The van der Waals surface area contributed by atoms with Crippen LogP contribution in [0.25, 0.3) is 0 Å². The molecule has 1 aliphatic rings. The largest absolute Gasteiger partial charge is 0.356 e. The monoisotopic (exact) mass is 325 g/mol. The number of nitrogens with zero attached hydrogens (tertiary/aromatic N) is 4. The Labute approximate surface area is 144 Å². The predicted molar refractivity (Wildman–Crippen MR) is 99.7 cm³/mol. The Kier molecular flexibility index (Phi) is 5.51. The molecule has 0 radical (unpaired) electrons. The highest BCUT2D eigenvalue weighted by Gasteiger charge is 2.22. The Bertz CT molecular complexity index is 689. The molecular formula is C19H27N5. The molecule has 0 spiro atoms. The van der Waals surface area contributed by atoms with E-state index in [4.69, 9.17) is 4.99 Å². The Morgan fingerprint density at radius 1 is 1.29 bits per heavy atom. The van der Waals surface area contributed by atoms with Gasteiger partial charge in [0.2, 0.25) is 0 Å². The first-order chi connectivity index (χ1) is 11.8. The molecule has 0 saturated heterocycles. The lowest BCUT2D eigenvalue weighted by atomic mass is 10.2. The summed E-state index contributed by atoms with van der Waals surface area (Å²) >= 11 is 0. The minimum absolute atomic E-state index is 0.856. The quantitative estimate of drug-likeness (QED) is 0.504. The van der Waals surface area contributed by atoms with Gasteiger partial charge in [-0.3, -0.25) is 4.99 Å². The van der Waals surface area contributed by atoms with Gasteiger partial charge in [-0.15, -0.1) is 0 Å². The molecule has 0 amide bonds. The van der Waals surface area contributed by atoms with Gasteiger partial charge in [-0.25, -0.2) is 4.98 Å². The molecule has 2 heterocycles. The second kappa shape index (κ2) is 7.99. The topological polar surface area (TPSA) is 45.5 Å². The molecule has 5 nitrogen and oxygen atoms in total. The second-order valence-electron chi connectivity index (χ2n) is 6.14. The van der Waals surface area contributed by atoms with Crippen molar-refractivity contribution in [2.24, 2.45) is 4.99 Å². The Balaban J connectivity index is 1.56. The van der Waals surface area contributed by atoms with Gasteiger partial charge < -0.3 is 14.8 Å². The van der Waals surface area contributed by atoms with Gasteiger partial charge in [0.1, 0.15) is 5.82 Å². The summed E-state index contributed by atoms with van der Waals surface area (Å²) < 4.78 is 2.20. The summed E-state index contributed by atoms with van der Waals surface area (Å²) in [7, 11) is 0. The molecule has 0 atom stereocenters. The highest BCUT2D eigenvalue weighted by molar-refractivity contribution is 5.97. The summed E-state index contributed by atoms with van der Waals surface area (Å²) in [6, 6.07) is 8.63. The highest BCUT2D eigenvalue weighted by atomic mass is 15.3. The fourth-order valence-electron chi connectivity index (χ4n) is 3.17. The van der Waals surface area contributed by atoms with E-state index in [1.54, 1.807) is 0 Å². The third kappa shape index (κ3) is 3.78. The fraction of sp³-hybridized carbons (Fsp3) is 0.474. The summed E-state index contributed by atoms with van der Waals surface area (Å²) in [5.74, 6) is 2.10. The number of hydrogen-bond acceptors (Lipinski definition) is 2. The van der Waals surface area contributed by atoms with E-state index in [-0.39, 0.29) is 0 Å². The van der Waals surface area contributed by atoms with Crippen LogP contribution in [-0.4, -0.2) is 35.1 Å². The first-order valence-corrected chi connectivity index (χ1v) is 8.91. The molecule has 0 unspecified atom stereocenters. The molecule has 1 aromatic heterocycles. The fourth-order valence-corrected chi connectivity index (χ4v) is 3.17. The van der Waals surface area contributed by atoms with E-state index in [9.17, 15) is 0 Å². The summed E-state index contributed by atoms with van der Waals surface area (Å²) in [6.07, 6.45) is 7.21. The molecule has 128 valence electrons. The van der Waals surface area contributed by atoms with Crippen molar-refractivity contribution in [2.45, 2.75) is 39.7 Å². The summed E-state index contributed by atoms with van der Waals surface area (Å²) in [4.78, 5) is 11.4. The van der Waals surface area contributed by atoms with Crippen LogP contribution in [0.15, 0.2) is 41.7 Å². The molecule has 2 aromatic rings. The summed E-state index contributed by atoms with van der Waals surface area (Å²) in [5, 5.41) is 3.44. The van der Waals surface area contributed by atoms with Gasteiger partial charge in [0.25, 0.3) is 0 Å². The molecule has 1 aliphatic heterocycles. The molecule has 0 aliphatic carbocycles. The number of aryl methyl sites for hydroxylation is 2. The predicted octanol–water partition coefficient (Wildman–Crippen LogP) is 3.00. The number of fused-ring (bicyclic) bond motifs is 1. The third-order valence-electron chi connectivity index (χ3n) is 4.47. The van der Waals surface area contributed by atoms with Crippen molar-refractivity contribution >= 4 is 11.6 Å². The minimum Gasteiger partial charge on any atom is -0.356 e. The van der Waals surface area contributed by atoms with Gasteiger partial charge in [0, 0.05) is 44.3 Å². The van der Waals surface area contributed by atoms with Gasteiger partial charge in [-0.1, -0.05) is 18.2 Å². The highest BCUT2D eigenvalue weighted by Crippen LogP contribution is 2.27. The van der Waals surface area contributed by atoms with Crippen molar-refractivity contribution < 1.29 is 0 Å². The van der Waals surface area contributed by atoms with E-state index >= 15 is 0 Å². The number of aromatic nitrogens is 2. The smallest absolute Gasteiger partial charge is 0.198 e. The maximum absolute atomic E-state index is 4.84. The maximum Gasteiger partial charge on any atom is 0.198 e. The molecule has 24 heavy (non-hydrogen) atoms. The first kappa shape index (κ1) is 16.6. The van der Waals surface area contributed by atoms with Gasteiger partial charge >= 0.3 is 0 Å². The Hall–Kier alpha value is -2.30. The zero-order valence-corrected chi connectivity index (χ0v) is 14.7. The first-order valence-electron chi connectivity index (χ1n) is 8.91. The van der Waals surface area contributed by atoms with Crippen molar-refractivity contribution in [1.29, 1.82) is 0 Å². The van der Waals surface area contributed by atoms with Crippen LogP contribution in [0.5, 0.6) is 0 Å². The normalized spacial score (nSPS) is 14.1. The number of imidazole rings is 1. The molecule has 0 fully saturated rings. The number of rotatable bonds is 6. The van der Waals surface area contributed by atoms with E-state index in [1.807, 2.05) is 19.3 Å². The average Bonchev–Trinajstić information content (AvgIpc) is 3.20. The van der Waals surface area contributed by atoms with Crippen molar-refractivity contribution in [3.63, 3.8) is 0 Å². The van der Waals surface area contributed by atoms with Crippen molar-refractivity contribution in [2.75, 3.05) is 24.5 Å². The molecular weight excluding hydrogens is 298 g/mol. The maximum atomic E-state index is 4.84. The van der Waals surface area contributed by atoms with E-state index < -0.39 is 0 Å². The number of unbranched alkanes of at least 4 members (excludes halogenated alkanes) is 1. The molecule has 1 aromatic carbocycles. The third-order valence-corrected chi connectivity index (χ3v) is 4.47. The standard InChI is InChI=1S/C19H27N5/c1-3-20-19(24-14-10-17-8-4-5-9-18(17)24)22-11-6-7-13-23-15-12-21-16(23)2/h4-5,8-9,12,15H,3,6-7,10-11,13-14H2,1-2H3,(H,20,22). The molecule has 0 bridgehead atoms. The van der Waals surface area contributed by atoms with Crippen molar-refractivity contribution in [3.8, 4) is 0 Å². The minimum atomic E-state index is 0.856. The second-order valence-corrected chi connectivity index (χ2v) is 6.14. The van der Waals surface area contributed by atoms with Crippen LogP contribution in [-0.2, 0) is 13.0 Å². The Morgan fingerprint density at radius 2 is 2.17 bits per heavy atom. The molecule has 0 saturated carbocycles. The number of anilines is 1. The number of hydrogen-bond donors (Lipinski definition) is 1. The number of nitrogens with one attached hydrogen (secondary N) is 1. The van der Waals surface area contributed by atoms with Crippen LogP contribution in [0, 0.1) is 6.92 Å². The van der Waals surface area contributed by atoms with Gasteiger partial charge in [-0.2, -0.15) is 0 Å². The van der Waals surface area contributed by atoms with Gasteiger partial charge in [0.05, 0.1) is 0 Å². The lowest BCUT2D eigenvalue weighted by Gasteiger charge is -2.22. The zero-order chi connectivity index (χ0) is 16.8. The van der Waals surface area contributed by atoms with E-state index in [1.165, 1.54) is 11.3 Å². The van der Waals surface area contributed by atoms with Crippen LogP contribution >= 0.6 is 0 Å². The molecule has 5 heteroatoms. The molecule has 1 N–H and O–H groups in total. The van der Waals surface area contributed by atoms with E-state index in [0.717, 1.165) is 57.2 Å². The van der Waals surface area contributed by atoms with Gasteiger partial charge in [-0.05, 0) is 44.7 Å². The average molecular weight is 325 g/mol. The van der Waals surface area contributed by atoms with Crippen LogP contribution in [0.1, 0.15) is 31.2 Å². The molecule has 3 rings (SSSR count). The van der Waals surface area contributed by atoms with Crippen LogP contribution in [0.3, 0.4) is 0 Å². The van der Waals surface area contributed by atoms with E-state index in [0.29, 0.717) is 0 Å². The lowest BCUT2D eigenvalue weighted by molar-refractivity contribution is 0.601. The number of para-hydroxylation sites is 1. The summed E-state index contributed by atoms with van der Waals surface area (Å²) in [6.45, 7) is 7.95. The Morgan fingerprint density at radius 3 is 2.96 bits per heavy atom. The SMILES string of the molecule is CCNC(=NCCCCn1ccnc1C)N1CCc2ccccc21. The number of aliphatic imine (C=N–C) groups is 1.